The number of nitrogens with two attached hydrogens (primary N) is 1. The van der Waals surface area contributed by atoms with Crippen molar-refractivity contribution in [1.29, 1.82) is 0 Å². The minimum Gasteiger partial charge on any atom is -0.513 e. The molecule has 0 aliphatic carbocycles. The van der Waals surface area contributed by atoms with E-state index in [9.17, 15) is 13.5 Å². The molecule has 2 aromatic heterocycles. The van der Waals surface area contributed by atoms with Gasteiger partial charge in [0.1, 0.15) is 0 Å². The van der Waals surface area contributed by atoms with E-state index in [-0.39, 0.29) is 10.7 Å². The summed E-state index contributed by atoms with van der Waals surface area (Å²) in [6.45, 7) is 5.73. The molecule has 0 saturated heterocycles. The number of imidazole rings is 1. The van der Waals surface area contributed by atoms with Gasteiger partial charge in [-0.05, 0) is 30.7 Å². The van der Waals surface area contributed by atoms with E-state index in [0.717, 1.165) is 16.8 Å². The lowest BCUT2D eigenvalue weighted by molar-refractivity contribution is 0.415. The first kappa shape index (κ1) is 20.3. The second-order valence-corrected chi connectivity index (χ2v) is 7.86. The number of aliphatic hydroxyl groups excluding tert-OH is 1. The number of fused-ring (bicyclic) bond motifs is 1. The molecular weight excluding hydrogens is 390 g/mol. The van der Waals surface area contributed by atoms with Crippen LogP contribution in [0.2, 0.25) is 0 Å². The van der Waals surface area contributed by atoms with Gasteiger partial charge >= 0.3 is 0 Å². The Hall–Kier alpha value is -3.43. The standard InChI is InChI=1S/C20H21N5O3S/c1-3-4-16(11-14(2)26)18-13-24-20-19(22-9-10-25(18)20)23-12-15-5-7-17(8-6-15)29(21,27)28/h3-11,13,26H,1,12H2,2H3,(H,22,23)(H2,21,27,28)/b14-11+,16-4+. The first-order valence-corrected chi connectivity index (χ1v) is 10.2. The van der Waals surface area contributed by atoms with Gasteiger partial charge in [-0.1, -0.05) is 30.9 Å². The summed E-state index contributed by atoms with van der Waals surface area (Å²) in [6.07, 6.45) is 10.2. The molecule has 0 radical (unpaired) electrons. The monoisotopic (exact) mass is 411 g/mol. The Morgan fingerprint density at radius 1 is 1.31 bits per heavy atom. The SMILES string of the molecule is C=C/C=C(\C=C(/C)O)c1cnc2c(NCc3ccc(S(N)(=O)=O)cc3)nccn12. The molecule has 4 N–H and O–H groups in total. The zero-order valence-corrected chi connectivity index (χ0v) is 16.6. The minimum atomic E-state index is -3.72. The molecule has 3 aromatic rings. The fraction of sp³-hybridized carbons (Fsp3) is 0.100. The van der Waals surface area contributed by atoms with Crippen molar-refractivity contribution in [3.05, 3.63) is 84.7 Å². The van der Waals surface area contributed by atoms with Crippen LogP contribution in [0.3, 0.4) is 0 Å². The van der Waals surface area contributed by atoms with E-state index in [1.807, 2.05) is 4.40 Å². The maximum absolute atomic E-state index is 11.4. The molecule has 0 spiro atoms. The molecule has 0 amide bonds. The van der Waals surface area contributed by atoms with Crippen molar-refractivity contribution in [1.82, 2.24) is 14.4 Å². The van der Waals surface area contributed by atoms with Crippen LogP contribution in [-0.2, 0) is 16.6 Å². The molecule has 0 saturated carbocycles. The summed E-state index contributed by atoms with van der Waals surface area (Å²) >= 11 is 0. The number of sulfonamides is 1. The Morgan fingerprint density at radius 2 is 2.03 bits per heavy atom. The highest BCUT2D eigenvalue weighted by Gasteiger charge is 2.12. The van der Waals surface area contributed by atoms with Crippen molar-refractivity contribution >= 4 is 27.1 Å². The zero-order chi connectivity index (χ0) is 21.0. The Kier molecular flexibility index (Phi) is 5.81. The van der Waals surface area contributed by atoms with Gasteiger partial charge in [-0.3, -0.25) is 4.40 Å². The van der Waals surface area contributed by atoms with Gasteiger partial charge in [0.05, 0.1) is 22.5 Å². The highest BCUT2D eigenvalue weighted by atomic mass is 32.2. The molecule has 0 unspecified atom stereocenters. The van der Waals surface area contributed by atoms with Gasteiger partial charge in [-0.2, -0.15) is 0 Å². The number of aliphatic hydroxyl groups is 1. The number of anilines is 1. The van der Waals surface area contributed by atoms with Crippen molar-refractivity contribution < 1.29 is 13.5 Å². The number of rotatable bonds is 7. The lowest BCUT2D eigenvalue weighted by Crippen LogP contribution is -2.12. The van der Waals surface area contributed by atoms with Gasteiger partial charge in [0.25, 0.3) is 0 Å². The summed E-state index contributed by atoms with van der Waals surface area (Å²) in [5.74, 6) is 0.736. The molecule has 0 aliphatic heterocycles. The Morgan fingerprint density at radius 3 is 2.66 bits per heavy atom. The predicted molar refractivity (Wildman–Crippen MR) is 113 cm³/mol. The highest BCUT2D eigenvalue weighted by molar-refractivity contribution is 7.89. The molecule has 150 valence electrons. The fourth-order valence-corrected chi connectivity index (χ4v) is 3.32. The van der Waals surface area contributed by atoms with Crippen LogP contribution in [0, 0.1) is 0 Å². The third-order valence-electron chi connectivity index (χ3n) is 4.10. The van der Waals surface area contributed by atoms with Gasteiger partial charge in [0, 0.05) is 24.5 Å². The average molecular weight is 411 g/mol. The molecule has 0 fully saturated rings. The maximum Gasteiger partial charge on any atom is 0.238 e. The van der Waals surface area contributed by atoms with E-state index >= 15 is 0 Å². The van der Waals surface area contributed by atoms with E-state index in [2.05, 4.69) is 21.9 Å². The van der Waals surface area contributed by atoms with Crippen LogP contribution in [0.15, 0.2) is 78.3 Å². The quantitative estimate of drug-likeness (QED) is 0.406. The largest absolute Gasteiger partial charge is 0.513 e. The van der Waals surface area contributed by atoms with Crippen molar-refractivity contribution in [3.8, 4) is 0 Å². The lowest BCUT2D eigenvalue weighted by atomic mass is 10.1. The summed E-state index contributed by atoms with van der Waals surface area (Å²) in [5.41, 5.74) is 3.00. The highest BCUT2D eigenvalue weighted by Crippen LogP contribution is 2.22. The molecular formula is C20H21N5O3S. The molecule has 29 heavy (non-hydrogen) atoms. The molecule has 0 atom stereocenters. The van der Waals surface area contributed by atoms with E-state index in [1.54, 1.807) is 55.9 Å². The van der Waals surface area contributed by atoms with Crippen molar-refractivity contribution in [3.63, 3.8) is 0 Å². The molecule has 2 heterocycles. The fourth-order valence-electron chi connectivity index (χ4n) is 2.80. The Bertz CT molecular complexity index is 1200. The second-order valence-electron chi connectivity index (χ2n) is 6.30. The smallest absolute Gasteiger partial charge is 0.238 e. The number of aromatic nitrogens is 3. The van der Waals surface area contributed by atoms with Crippen LogP contribution < -0.4 is 10.5 Å². The predicted octanol–water partition coefficient (Wildman–Crippen LogP) is 3.02. The van der Waals surface area contributed by atoms with Gasteiger partial charge in [0.2, 0.25) is 10.0 Å². The van der Waals surface area contributed by atoms with Crippen LogP contribution in [0.1, 0.15) is 18.2 Å². The number of nitrogens with one attached hydrogen (secondary N) is 1. The summed E-state index contributed by atoms with van der Waals surface area (Å²) in [6, 6.07) is 6.29. The molecule has 3 rings (SSSR count). The number of nitrogens with zero attached hydrogens (tertiary/aromatic N) is 3. The normalized spacial score (nSPS) is 12.9. The number of allylic oxidation sites excluding steroid dienone is 5. The molecule has 9 heteroatoms. The zero-order valence-electron chi connectivity index (χ0n) is 15.8. The first-order valence-electron chi connectivity index (χ1n) is 8.67. The van der Waals surface area contributed by atoms with E-state index < -0.39 is 10.0 Å². The second kappa shape index (κ2) is 8.29. The van der Waals surface area contributed by atoms with Crippen molar-refractivity contribution in [2.24, 2.45) is 5.14 Å². The van der Waals surface area contributed by atoms with Gasteiger partial charge < -0.3 is 10.4 Å². The third-order valence-corrected chi connectivity index (χ3v) is 5.03. The molecule has 0 bridgehead atoms. The molecule has 1 aromatic carbocycles. The molecule has 8 nitrogen and oxygen atoms in total. The van der Waals surface area contributed by atoms with Crippen LogP contribution in [0.25, 0.3) is 11.2 Å². The minimum absolute atomic E-state index is 0.0631. The average Bonchev–Trinajstić information content (AvgIpc) is 3.10. The summed E-state index contributed by atoms with van der Waals surface area (Å²) in [4.78, 5) is 8.85. The van der Waals surface area contributed by atoms with Gasteiger partial charge in [-0.25, -0.2) is 23.5 Å². The van der Waals surface area contributed by atoms with E-state index in [4.69, 9.17) is 5.14 Å². The van der Waals surface area contributed by atoms with Gasteiger partial charge in [-0.15, -0.1) is 0 Å². The third kappa shape index (κ3) is 4.71. The first-order chi connectivity index (χ1) is 13.8. The molecule has 0 aliphatic rings. The van der Waals surface area contributed by atoms with Crippen LogP contribution in [0.5, 0.6) is 0 Å². The number of hydrogen-bond acceptors (Lipinski definition) is 6. The van der Waals surface area contributed by atoms with E-state index in [0.29, 0.717) is 18.0 Å². The number of hydrogen-bond donors (Lipinski definition) is 3. The van der Waals surface area contributed by atoms with Crippen LogP contribution in [-0.4, -0.2) is 27.9 Å². The Labute approximate surface area is 168 Å². The summed E-state index contributed by atoms with van der Waals surface area (Å²) in [7, 11) is -3.72. The maximum atomic E-state index is 11.4. The Balaban J connectivity index is 1.88. The van der Waals surface area contributed by atoms with Gasteiger partial charge in [0.15, 0.2) is 11.5 Å². The topological polar surface area (TPSA) is 123 Å². The number of benzene rings is 1. The van der Waals surface area contributed by atoms with Crippen molar-refractivity contribution in [2.45, 2.75) is 18.4 Å². The summed E-state index contributed by atoms with van der Waals surface area (Å²) in [5, 5.41) is 18.0. The van der Waals surface area contributed by atoms with E-state index in [1.165, 1.54) is 12.1 Å². The summed E-state index contributed by atoms with van der Waals surface area (Å²) < 4.78 is 24.6. The lowest BCUT2D eigenvalue weighted by Gasteiger charge is -2.09. The van der Waals surface area contributed by atoms with Crippen molar-refractivity contribution in [2.75, 3.05) is 5.32 Å². The van der Waals surface area contributed by atoms with Crippen LogP contribution in [0.4, 0.5) is 5.82 Å². The van der Waals surface area contributed by atoms with Crippen LogP contribution >= 0.6 is 0 Å². The number of primary sulfonamides is 1.